The Balaban J connectivity index is 1.57. The van der Waals surface area contributed by atoms with Crippen molar-refractivity contribution in [1.29, 1.82) is 0 Å². The molecule has 0 aromatic heterocycles. The predicted molar refractivity (Wildman–Crippen MR) is 118 cm³/mol. The number of anilines is 2. The molecule has 29 heavy (non-hydrogen) atoms. The summed E-state index contributed by atoms with van der Waals surface area (Å²) in [5.74, 6) is 0. The summed E-state index contributed by atoms with van der Waals surface area (Å²) in [6.07, 6.45) is 5.94. The standard InChI is InChI=1S/C22H27N3O3S/c1-18-6-8-19(9-7-18)14-17-29(27,28)24-21-12-10-20(11-13-21)23-22(26)25-15-4-2-3-5-16-25/h6-14,17,24H,2-5,15-16H2,1H3,(H,23,26)/b17-14+. The minimum absolute atomic E-state index is 0.110. The van der Waals surface area contributed by atoms with Gasteiger partial charge in [0.1, 0.15) is 0 Å². The molecule has 0 spiro atoms. The number of hydrogen-bond donors (Lipinski definition) is 2. The molecule has 6 nitrogen and oxygen atoms in total. The Morgan fingerprint density at radius 1 is 0.897 bits per heavy atom. The molecule has 2 N–H and O–H groups in total. The highest BCUT2D eigenvalue weighted by atomic mass is 32.2. The maximum atomic E-state index is 12.4. The summed E-state index contributed by atoms with van der Waals surface area (Å²) in [5.41, 5.74) is 3.00. The first-order valence-corrected chi connectivity index (χ1v) is 11.4. The summed E-state index contributed by atoms with van der Waals surface area (Å²) in [7, 11) is -3.63. The fourth-order valence-corrected chi connectivity index (χ4v) is 4.01. The third-order valence-electron chi connectivity index (χ3n) is 4.81. The van der Waals surface area contributed by atoms with E-state index in [4.69, 9.17) is 0 Å². The van der Waals surface area contributed by atoms with Crippen molar-refractivity contribution in [2.24, 2.45) is 0 Å². The number of likely N-dealkylation sites (tertiary alicyclic amines) is 1. The minimum atomic E-state index is -3.63. The lowest BCUT2D eigenvalue weighted by molar-refractivity contribution is 0.214. The molecule has 0 unspecified atom stereocenters. The van der Waals surface area contributed by atoms with Crippen molar-refractivity contribution < 1.29 is 13.2 Å². The van der Waals surface area contributed by atoms with Crippen LogP contribution in [0.5, 0.6) is 0 Å². The number of hydrogen-bond acceptors (Lipinski definition) is 3. The molecular weight excluding hydrogens is 386 g/mol. The second-order valence-corrected chi connectivity index (χ2v) is 8.84. The van der Waals surface area contributed by atoms with E-state index in [9.17, 15) is 13.2 Å². The van der Waals surface area contributed by atoms with Crippen LogP contribution < -0.4 is 10.0 Å². The van der Waals surface area contributed by atoms with Crippen LogP contribution in [0.15, 0.2) is 53.9 Å². The molecule has 1 heterocycles. The monoisotopic (exact) mass is 413 g/mol. The number of amides is 2. The number of nitrogens with one attached hydrogen (secondary N) is 2. The van der Waals surface area contributed by atoms with E-state index >= 15 is 0 Å². The molecule has 1 aliphatic rings. The molecule has 0 aliphatic carbocycles. The smallest absolute Gasteiger partial charge is 0.321 e. The van der Waals surface area contributed by atoms with Crippen molar-refractivity contribution in [3.05, 3.63) is 65.1 Å². The highest BCUT2D eigenvalue weighted by Gasteiger charge is 2.15. The Morgan fingerprint density at radius 3 is 2.10 bits per heavy atom. The molecule has 0 radical (unpaired) electrons. The van der Waals surface area contributed by atoms with Gasteiger partial charge < -0.3 is 10.2 Å². The van der Waals surface area contributed by atoms with Crippen LogP contribution in [-0.2, 0) is 10.0 Å². The SMILES string of the molecule is Cc1ccc(/C=C/S(=O)(=O)Nc2ccc(NC(=O)N3CCCCCC3)cc2)cc1. The van der Waals surface area contributed by atoms with E-state index in [0.29, 0.717) is 11.4 Å². The van der Waals surface area contributed by atoms with Crippen molar-refractivity contribution in [3.8, 4) is 0 Å². The second-order valence-electron chi connectivity index (χ2n) is 7.27. The molecule has 1 fully saturated rings. The average Bonchev–Trinajstić information content (AvgIpc) is 2.98. The molecule has 1 saturated heterocycles. The third-order valence-corrected chi connectivity index (χ3v) is 5.82. The van der Waals surface area contributed by atoms with E-state index in [1.807, 2.05) is 36.1 Å². The van der Waals surface area contributed by atoms with E-state index in [0.717, 1.165) is 55.3 Å². The third kappa shape index (κ3) is 6.64. The topological polar surface area (TPSA) is 78.5 Å². The molecule has 3 rings (SSSR count). The first-order valence-electron chi connectivity index (χ1n) is 9.85. The quantitative estimate of drug-likeness (QED) is 0.738. The van der Waals surface area contributed by atoms with Gasteiger partial charge in [-0.1, -0.05) is 42.7 Å². The number of carbonyl (C=O) groups excluding carboxylic acids is 1. The van der Waals surface area contributed by atoms with Crippen LogP contribution in [0.2, 0.25) is 0 Å². The molecule has 2 aromatic carbocycles. The largest absolute Gasteiger partial charge is 0.325 e. The summed E-state index contributed by atoms with van der Waals surface area (Å²) >= 11 is 0. The Bertz CT molecular complexity index is 944. The van der Waals surface area contributed by atoms with Gasteiger partial charge in [-0.2, -0.15) is 0 Å². The van der Waals surface area contributed by atoms with E-state index < -0.39 is 10.0 Å². The van der Waals surface area contributed by atoms with E-state index in [-0.39, 0.29) is 6.03 Å². The summed E-state index contributed by atoms with van der Waals surface area (Å²) < 4.78 is 27.0. The lowest BCUT2D eigenvalue weighted by Gasteiger charge is -2.20. The van der Waals surface area contributed by atoms with Crippen molar-refractivity contribution in [3.63, 3.8) is 0 Å². The van der Waals surface area contributed by atoms with E-state index in [1.165, 1.54) is 0 Å². The Kier molecular flexibility index (Phi) is 6.93. The Labute approximate surface area is 172 Å². The van der Waals surface area contributed by atoms with E-state index in [1.54, 1.807) is 30.3 Å². The van der Waals surface area contributed by atoms with Crippen LogP contribution in [-0.4, -0.2) is 32.4 Å². The van der Waals surface area contributed by atoms with Gasteiger partial charge in [0.25, 0.3) is 10.0 Å². The molecule has 7 heteroatoms. The molecule has 2 aromatic rings. The summed E-state index contributed by atoms with van der Waals surface area (Å²) in [6.45, 7) is 3.53. The number of benzene rings is 2. The minimum Gasteiger partial charge on any atom is -0.325 e. The van der Waals surface area contributed by atoms with Crippen molar-refractivity contribution in [2.75, 3.05) is 23.1 Å². The first kappa shape index (κ1) is 20.9. The fourth-order valence-electron chi connectivity index (χ4n) is 3.14. The van der Waals surface area contributed by atoms with Gasteiger partial charge in [0.05, 0.1) is 5.41 Å². The van der Waals surface area contributed by atoms with Crippen LogP contribution in [0.1, 0.15) is 36.8 Å². The summed E-state index contributed by atoms with van der Waals surface area (Å²) in [5, 5.41) is 4.02. The zero-order valence-electron chi connectivity index (χ0n) is 16.6. The molecule has 0 saturated carbocycles. The lowest BCUT2D eigenvalue weighted by atomic mass is 10.2. The predicted octanol–water partition coefficient (Wildman–Crippen LogP) is 4.82. The number of sulfonamides is 1. The average molecular weight is 414 g/mol. The zero-order chi connectivity index (χ0) is 20.7. The van der Waals surface area contributed by atoms with Crippen molar-refractivity contribution in [2.45, 2.75) is 32.6 Å². The van der Waals surface area contributed by atoms with Crippen LogP contribution in [0, 0.1) is 6.92 Å². The van der Waals surface area contributed by atoms with Gasteiger partial charge in [-0.25, -0.2) is 13.2 Å². The van der Waals surface area contributed by atoms with Crippen molar-refractivity contribution in [1.82, 2.24) is 4.90 Å². The normalized spacial score (nSPS) is 15.1. The number of rotatable bonds is 5. The van der Waals surface area contributed by atoms with Gasteiger partial charge in [-0.05, 0) is 55.7 Å². The Morgan fingerprint density at radius 2 is 1.48 bits per heavy atom. The van der Waals surface area contributed by atoms with Gasteiger partial charge in [-0.15, -0.1) is 0 Å². The molecule has 1 aliphatic heterocycles. The van der Waals surface area contributed by atoms with Gasteiger partial charge in [0, 0.05) is 24.5 Å². The maximum Gasteiger partial charge on any atom is 0.321 e. The highest BCUT2D eigenvalue weighted by Crippen LogP contribution is 2.17. The van der Waals surface area contributed by atoms with Gasteiger partial charge in [-0.3, -0.25) is 4.72 Å². The second kappa shape index (κ2) is 9.60. The molecular formula is C22H27N3O3S. The van der Waals surface area contributed by atoms with Gasteiger partial charge in [0.15, 0.2) is 0 Å². The van der Waals surface area contributed by atoms with Crippen LogP contribution in [0.3, 0.4) is 0 Å². The van der Waals surface area contributed by atoms with Crippen LogP contribution >= 0.6 is 0 Å². The number of urea groups is 1. The molecule has 154 valence electrons. The van der Waals surface area contributed by atoms with Crippen molar-refractivity contribution >= 4 is 33.5 Å². The lowest BCUT2D eigenvalue weighted by Crippen LogP contribution is -2.35. The number of aryl methyl sites for hydroxylation is 1. The summed E-state index contributed by atoms with van der Waals surface area (Å²) in [6, 6.07) is 14.1. The number of nitrogens with zero attached hydrogens (tertiary/aromatic N) is 1. The summed E-state index contributed by atoms with van der Waals surface area (Å²) in [4.78, 5) is 14.2. The first-order chi connectivity index (χ1) is 13.9. The fraction of sp³-hybridized carbons (Fsp3) is 0.318. The number of carbonyl (C=O) groups is 1. The van der Waals surface area contributed by atoms with Gasteiger partial charge >= 0.3 is 6.03 Å². The van der Waals surface area contributed by atoms with Gasteiger partial charge in [0.2, 0.25) is 0 Å². The van der Waals surface area contributed by atoms with E-state index in [2.05, 4.69) is 10.0 Å². The molecule has 0 atom stereocenters. The highest BCUT2D eigenvalue weighted by molar-refractivity contribution is 7.95. The van der Waals surface area contributed by atoms with Crippen LogP contribution in [0.4, 0.5) is 16.2 Å². The zero-order valence-corrected chi connectivity index (χ0v) is 17.4. The maximum absolute atomic E-state index is 12.4. The Hall–Kier alpha value is -2.80. The molecule has 2 amide bonds. The molecule has 0 bridgehead atoms. The van der Waals surface area contributed by atoms with Crippen LogP contribution in [0.25, 0.3) is 6.08 Å².